The summed E-state index contributed by atoms with van der Waals surface area (Å²) in [6.07, 6.45) is 4.40. The molecule has 2 unspecified atom stereocenters. The monoisotopic (exact) mass is 227 g/mol. The summed E-state index contributed by atoms with van der Waals surface area (Å²) < 4.78 is 11.3. The predicted octanol–water partition coefficient (Wildman–Crippen LogP) is 1.82. The first-order valence-electron chi connectivity index (χ1n) is 6.70. The van der Waals surface area contributed by atoms with Crippen LogP contribution in [0.4, 0.5) is 0 Å². The van der Waals surface area contributed by atoms with E-state index >= 15 is 0 Å². The third-order valence-corrected chi connectivity index (χ3v) is 3.33. The Balaban J connectivity index is 1.55. The second-order valence-electron chi connectivity index (χ2n) is 5.49. The van der Waals surface area contributed by atoms with Crippen LogP contribution >= 0.6 is 0 Å². The van der Waals surface area contributed by atoms with E-state index in [-0.39, 0.29) is 0 Å². The second kappa shape index (κ2) is 5.99. The third-order valence-electron chi connectivity index (χ3n) is 3.33. The van der Waals surface area contributed by atoms with Crippen molar-refractivity contribution < 1.29 is 9.47 Å². The lowest BCUT2D eigenvalue weighted by atomic mass is 10.1. The molecule has 0 aromatic carbocycles. The van der Waals surface area contributed by atoms with Crippen LogP contribution in [0.3, 0.4) is 0 Å². The topological polar surface area (TPSA) is 30.5 Å². The number of hydrogen-bond acceptors (Lipinski definition) is 3. The second-order valence-corrected chi connectivity index (χ2v) is 5.49. The van der Waals surface area contributed by atoms with Crippen molar-refractivity contribution in [1.82, 2.24) is 5.32 Å². The summed E-state index contributed by atoms with van der Waals surface area (Å²) in [5.74, 6) is 1.48. The van der Waals surface area contributed by atoms with Gasteiger partial charge in [0.1, 0.15) is 0 Å². The van der Waals surface area contributed by atoms with Crippen LogP contribution in [0.2, 0.25) is 0 Å². The molecule has 94 valence electrons. The average molecular weight is 227 g/mol. The standard InChI is InChI=1S/C13H25NO2/c1-10(2)9-15-8-6-14-12-5-7-16-13(12)11-3-4-11/h10-14H,3-9H2,1-2H3. The van der Waals surface area contributed by atoms with E-state index in [1.807, 2.05) is 0 Å². The van der Waals surface area contributed by atoms with Gasteiger partial charge in [0.15, 0.2) is 0 Å². The fourth-order valence-corrected chi connectivity index (χ4v) is 2.35. The summed E-state index contributed by atoms with van der Waals surface area (Å²) >= 11 is 0. The van der Waals surface area contributed by atoms with Gasteiger partial charge in [-0.3, -0.25) is 0 Å². The largest absolute Gasteiger partial charge is 0.380 e. The molecule has 0 radical (unpaired) electrons. The van der Waals surface area contributed by atoms with E-state index in [2.05, 4.69) is 19.2 Å². The minimum Gasteiger partial charge on any atom is -0.380 e. The van der Waals surface area contributed by atoms with Crippen LogP contribution in [0, 0.1) is 11.8 Å². The van der Waals surface area contributed by atoms with Gasteiger partial charge in [-0.05, 0) is 31.1 Å². The lowest BCUT2D eigenvalue weighted by Gasteiger charge is -2.19. The highest BCUT2D eigenvalue weighted by Gasteiger charge is 2.40. The molecule has 1 N–H and O–H groups in total. The molecule has 1 saturated heterocycles. The van der Waals surface area contributed by atoms with Crippen LogP contribution < -0.4 is 5.32 Å². The summed E-state index contributed by atoms with van der Waals surface area (Å²) in [7, 11) is 0. The minimum atomic E-state index is 0.491. The Hall–Kier alpha value is -0.120. The number of rotatable bonds is 7. The van der Waals surface area contributed by atoms with Crippen molar-refractivity contribution in [2.45, 2.75) is 45.3 Å². The Morgan fingerprint density at radius 2 is 2.12 bits per heavy atom. The molecule has 2 rings (SSSR count). The van der Waals surface area contributed by atoms with E-state index in [1.165, 1.54) is 19.3 Å². The number of ether oxygens (including phenoxy) is 2. The highest BCUT2D eigenvalue weighted by molar-refractivity contribution is 4.93. The van der Waals surface area contributed by atoms with Crippen molar-refractivity contribution in [3.63, 3.8) is 0 Å². The highest BCUT2D eigenvalue weighted by atomic mass is 16.5. The molecule has 0 bridgehead atoms. The molecule has 0 aromatic rings. The van der Waals surface area contributed by atoms with Crippen LogP contribution in [-0.4, -0.2) is 38.5 Å². The normalized spacial score (nSPS) is 30.2. The zero-order valence-corrected chi connectivity index (χ0v) is 10.6. The van der Waals surface area contributed by atoms with Gasteiger partial charge in [0.25, 0.3) is 0 Å². The van der Waals surface area contributed by atoms with Crippen LogP contribution in [0.5, 0.6) is 0 Å². The molecular weight excluding hydrogens is 202 g/mol. The maximum absolute atomic E-state index is 5.78. The van der Waals surface area contributed by atoms with Gasteiger partial charge in [-0.25, -0.2) is 0 Å². The molecule has 2 fully saturated rings. The maximum Gasteiger partial charge on any atom is 0.0756 e. The third kappa shape index (κ3) is 3.72. The van der Waals surface area contributed by atoms with Gasteiger partial charge in [-0.2, -0.15) is 0 Å². The summed E-state index contributed by atoms with van der Waals surface area (Å²) in [6.45, 7) is 7.96. The Bertz CT molecular complexity index is 204. The zero-order valence-electron chi connectivity index (χ0n) is 10.6. The molecular formula is C13H25NO2. The lowest BCUT2D eigenvalue weighted by Crippen LogP contribution is -2.39. The summed E-state index contributed by atoms with van der Waals surface area (Å²) in [4.78, 5) is 0. The molecule has 1 aliphatic heterocycles. The van der Waals surface area contributed by atoms with Crippen molar-refractivity contribution in [1.29, 1.82) is 0 Å². The Labute approximate surface area is 98.9 Å². The van der Waals surface area contributed by atoms with Crippen molar-refractivity contribution in [2.75, 3.05) is 26.4 Å². The Morgan fingerprint density at radius 1 is 1.31 bits per heavy atom. The summed E-state index contributed by atoms with van der Waals surface area (Å²) in [6, 6.07) is 0.579. The SMILES string of the molecule is CC(C)COCCNC1CCOC1C1CC1. The van der Waals surface area contributed by atoms with E-state index in [1.54, 1.807) is 0 Å². The molecule has 3 nitrogen and oxygen atoms in total. The van der Waals surface area contributed by atoms with Crippen LogP contribution in [0.1, 0.15) is 33.1 Å². The fraction of sp³-hybridized carbons (Fsp3) is 1.00. The fourth-order valence-electron chi connectivity index (χ4n) is 2.35. The molecule has 0 aromatic heterocycles. The van der Waals surface area contributed by atoms with Crippen LogP contribution in [0.25, 0.3) is 0 Å². The highest BCUT2D eigenvalue weighted by Crippen LogP contribution is 2.38. The number of hydrogen-bond donors (Lipinski definition) is 1. The van der Waals surface area contributed by atoms with Crippen molar-refractivity contribution in [3.8, 4) is 0 Å². The zero-order chi connectivity index (χ0) is 11.4. The van der Waals surface area contributed by atoms with E-state index in [4.69, 9.17) is 9.47 Å². The van der Waals surface area contributed by atoms with Crippen molar-refractivity contribution in [2.24, 2.45) is 11.8 Å². The molecule has 2 aliphatic rings. The molecule has 1 saturated carbocycles. The molecule has 2 atom stereocenters. The first-order chi connectivity index (χ1) is 7.77. The summed E-state index contributed by atoms with van der Waals surface area (Å²) in [5, 5.41) is 3.58. The van der Waals surface area contributed by atoms with E-state index in [0.717, 1.165) is 32.3 Å². The van der Waals surface area contributed by atoms with Gasteiger partial charge in [0.2, 0.25) is 0 Å². The lowest BCUT2D eigenvalue weighted by molar-refractivity contribution is 0.0751. The Morgan fingerprint density at radius 3 is 2.81 bits per heavy atom. The van der Waals surface area contributed by atoms with Gasteiger partial charge >= 0.3 is 0 Å². The average Bonchev–Trinajstić information content (AvgIpc) is 2.98. The van der Waals surface area contributed by atoms with Crippen LogP contribution in [-0.2, 0) is 9.47 Å². The first-order valence-corrected chi connectivity index (χ1v) is 6.70. The predicted molar refractivity (Wildman–Crippen MR) is 64.5 cm³/mol. The first kappa shape index (κ1) is 12.3. The van der Waals surface area contributed by atoms with Crippen molar-refractivity contribution >= 4 is 0 Å². The van der Waals surface area contributed by atoms with Gasteiger partial charge in [0.05, 0.1) is 12.7 Å². The molecule has 0 amide bonds. The van der Waals surface area contributed by atoms with Gasteiger partial charge in [-0.15, -0.1) is 0 Å². The summed E-state index contributed by atoms with van der Waals surface area (Å²) in [5.41, 5.74) is 0. The van der Waals surface area contributed by atoms with Gasteiger partial charge < -0.3 is 14.8 Å². The van der Waals surface area contributed by atoms with Crippen LogP contribution in [0.15, 0.2) is 0 Å². The molecule has 0 spiro atoms. The van der Waals surface area contributed by atoms with Gasteiger partial charge in [-0.1, -0.05) is 13.8 Å². The van der Waals surface area contributed by atoms with Crippen molar-refractivity contribution in [3.05, 3.63) is 0 Å². The molecule has 1 aliphatic carbocycles. The van der Waals surface area contributed by atoms with E-state index in [9.17, 15) is 0 Å². The molecule has 16 heavy (non-hydrogen) atoms. The Kier molecular flexibility index (Phi) is 4.62. The smallest absolute Gasteiger partial charge is 0.0756 e. The van der Waals surface area contributed by atoms with Gasteiger partial charge in [0, 0.05) is 25.8 Å². The molecule has 1 heterocycles. The van der Waals surface area contributed by atoms with E-state index < -0.39 is 0 Å². The quantitative estimate of drug-likeness (QED) is 0.673. The minimum absolute atomic E-state index is 0.491. The number of nitrogens with one attached hydrogen (secondary N) is 1. The van der Waals surface area contributed by atoms with E-state index in [0.29, 0.717) is 18.1 Å². The molecule has 3 heteroatoms. The maximum atomic E-state index is 5.78.